The summed E-state index contributed by atoms with van der Waals surface area (Å²) in [5.74, 6) is 2.06. The van der Waals surface area contributed by atoms with Gasteiger partial charge in [0.1, 0.15) is 12.1 Å². The Labute approximate surface area is 163 Å². The van der Waals surface area contributed by atoms with Gasteiger partial charge in [0, 0.05) is 63.4 Å². The number of hydrogen-bond acceptors (Lipinski definition) is 6. The quantitative estimate of drug-likeness (QED) is 0.687. The first-order valence-electron chi connectivity index (χ1n) is 9.57. The normalized spacial score (nSPS) is 21.4. The molecule has 0 aliphatic carbocycles. The maximum absolute atomic E-state index is 12.9. The molecule has 3 aromatic rings. The van der Waals surface area contributed by atoms with E-state index < -0.39 is 0 Å². The lowest BCUT2D eigenvalue weighted by Gasteiger charge is -2.22. The van der Waals surface area contributed by atoms with Crippen LogP contribution in [0, 0.1) is 11.8 Å². The molecule has 1 aromatic carbocycles. The highest BCUT2D eigenvalue weighted by atomic mass is 16.2. The lowest BCUT2D eigenvalue weighted by molar-refractivity contribution is 0.0782. The summed E-state index contributed by atoms with van der Waals surface area (Å²) in [4.78, 5) is 19.2. The molecule has 2 atom stereocenters. The number of carbonyl (C=O) groups excluding carboxylic acids is 1. The van der Waals surface area contributed by atoms with Crippen molar-refractivity contribution in [2.45, 2.75) is 0 Å². The number of fused-ring (bicyclic) bond motifs is 2. The summed E-state index contributed by atoms with van der Waals surface area (Å²) in [6, 6.07) is 11.8. The lowest BCUT2D eigenvalue weighted by Crippen LogP contribution is -2.33. The van der Waals surface area contributed by atoms with Gasteiger partial charge in [-0.15, -0.1) is 15.3 Å². The Morgan fingerprint density at radius 1 is 1.00 bits per heavy atom. The third kappa shape index (κ3) is 2.85. The van der Waals surface area contributed by atoms with E-state index in [4.69, 9.17) is 0 Å². The van der Waals surface area contributed by atoms with Crippen LogP contribution in [-0.4, -0.2) is 70.9 Å². The molecule has 28 heavy (non-hydrogen) atoms. The lowest BCUT2D eigenvalue weighted by atomic mass is 10.0. The molecule has 2 aromatic heterocycles. The zero-order valence-electron chi connectivity index (χ0n) is 16.1. The van der Waals surface area contributed by atoms with Crippen LogP contribution in [0.3, 0.4) is 0 Å². The molecule has 0 spiro atoms. The number of carbonyl (C=O) groups is 1. The molecule has 0 radical (unpaired) electrons. The fourth-order valence-corrected chi connectivity index (χ4v) is 4.32. The summed E-state index contributed by atoms with van der Waals surface area (Å²) < 4.78 is 1.71. The average Bonchev–Trinajstić information content (AvgIpc) is 3.41. The van der Waals surface area contributed by atoms with Gasteiger partial charge in [-0.25, -0.2) is 0 Å². The van der Waals surface area contributed by atoms with Crippen LogP contribution in [0.1, 0.15) is 10.4 Å². The van der Waals surface area contributed by atoms with Crippen molar-refractivity contribution in [3.8, 4) is 0 Å². The van der Waals surface area contributed by atoms with Gasteiger partial charge in [-0.2, -0.15) is 4.52 Å². The topological polar surface area (TPSA) is 69.9 Å². The number of aromatic nitrogens is 4. The first kappa shape index (κ1) is 17.0. The van der Waals surface area contributed by atoms with Crippen LogP contribution in [0.4, 0.5) is 11.5 Å². The van der Waals surface area contributed by atoms with Crippen molar-refractivity contribution in [3.05, 3.63) is 48.3 Å². The summed E-state index contributed by atoms with van der Waals surface area (Å²) in [5, 5.41) is 12.5. The molecule has 5 rings (SSSR count). The molecule has 8 heteroatoms. The van der Waals surface area contributed by atoms with E-state index in [9.17, 15) is 4.79 Å². The Morgan fingerprint density at radius 2 is 1.71 bits per heavy atom. The minimum Gasteiger partial charge on any atom is -0.378 e. The summed E-state index contributed by atoms with van der Waals surface area (Å²) in [6.07, 6.45) is 1.62. The van der Waals surface area contributed by atoms with Gasteiger partial charge < -0.3 is 14.7 Å². The van der Waals surface area contributed by atoms with E-state index in [1.54, 1.807) is 10.8 Å². The molecule has 1 amide bonds. The molecular formula is C20H23N7O. The minimum atomic E-state index is 0.135. The van der Waals surface area contributed by atoms with Gasteiger partial charge in [0.15, 0.2) is 5.65 Å². The monoisotopic (exact) mass is 377 g/mol. The van der Waals surface area contributed by atoms with E-state index >= 15 is 0 Å². The Kier molecular flexibility index (Phi) is 3.92. The maximum Gasteiger partial charge on any atom is 0.253 e. The molecule has 0 saturated carbocycles. The molecule has 2 unspecified atom stereocenters. The number of hydrogen-bond donors (Lipinski definition) is 0. The molecule has 2 fully saturated rings. The second kappa shape index (κ2) is 6.47. The van der Waals surface area contributed by atoms with E-state index in [0.717, 1.165) is 48.9 Å². The molecule has 4 heterocycles. The molecule has 2 aliphatic heterocycles. The number of nitrogens with zero attached hydrogens (tertiary/aromatic N) is 7. The van der Waals surface area contributed by atoms with Gasteiger partial charge in [-0.05, 0) is 36.4 Å². The van der Waals surface area contributed by atoms with Crippen molar-refractivity contribution < 1.29 is 4.79 Å². The van der Waals surface area contributed by atoms with Crippen molar-refractivity contribution in [2.24, 2.45) is 11.8 Å². The predicted octanol–water partition coefficient (Wildman–Crippen LogP) is 1.40. The van der Waals surface area contributed by atoms with E-state index in [1.807, 2.05) is 60.3 Å². The Bertz CT molecular complexity index is 999. The largest absolute Gasteiger partial charge is 0.378 e. The first-order chi connectivity index (χ1) is 13.6. The van der Waals surface area contributed by atoms with Crippen LogP contribution in [0.25, 0.3) is 5.65 Å². The number of rotatable bonds is 3. The minimum absolute atomic E-state index is 0.135. The zero-order chi connectivity index (χ0) is 19.3. The summed E-state index contributed by atoms with van der Waals surface area (Å²) in [7, 11) is 4.00. The zero-order valence-corrected chi connectivity index (χ0v) is 16.1. The Balaban J connectivity index is 1.25. The van der Waals surface area contributed by atoms with Crippen LogP contribution >= 0.6 is 0 Å². The highest BCUT2D eigenvalue weighted by molar-refractivity contribution is 5.94. The second-order valence-electron chi connectivity index (χ2n) is 7.90. The molecule has 0 N–H and O–H groups in total. The van der Waals surface area contributed by atoms with E-state index in [-0.39, 0.29) is 5.91 Å². The van der Waals surface area contributed by atoms with Crippen LogP contribution in [-0.2, 0) is 0 Å². The molecule has 0 bridgehead atoms. The second-order valence-corrected chi connectivity index (χ2v) is 7.90. The van der Waals surface area contributed by atoms with Gasteiger partial charge >= 0.3 is 0 Å². The van der Waals surface area contributed by atoms with Crippen molar-refractivity contribution in [1.82, 2.24) is 24.7 Å². The van der Waals surface area contributed by atoms with E-state index in [1.165, 1.54) is 0 Å². The molecular weight excluding hydrogens is 354 g/mol. The number of benzene rings is 1. The van der Waals surface area contributed by atoms with Gasteiger partial charge in [0.25, 0.3) is 5.91 Å². The molecule has 8 nitrogen and oxygen atoms in total. The first-order valence-corrected chi connectivity index (χ1v) is 9.57. The summed E-state index contributed by atoms with van der Waals surface area (Å²) in [5.41, 5.74) is 2.62. The molecule has 144 valence electrons. The Morgan fingerprint density at radius 3 is 2.39 bits per heavy atom. The van der Waals surface area contributed by atoms with Gasteiger partial charge in [0.2, 0.25) is 0 Å². The smallest absolute Gasteiger partial charge is 0.253 e. The van der Waals surface area contributed by atoms with Gasteiger partial charge in [-0.3, -0.25) is 4.79 Å². The molecule has 2 saturated heterocycles. The van der Waals surface area contributed by atoms with Crippen LogP contribution < -0.4 is 9.80 Å². The van der Waals surface area contributed by atoms with Crippen molar-refractivity contribution in [2.75, 3.05) is 50.1 Å². The van der Waals surface area contributed by atoms with Crippen molar-refractivity contribution >= 4 is 23.1 Å². The predicted molar refractivity (Wildman–Crippen MR) is 107 cm³/mol. The van der Waals surface area contributed by atoms with Crippen LogP contribution in [0.15, 0.2) is 42.7 Å². The highest BCUT2D eigenvalue weighted by Gasteiger charge is 2.42. The standard InChI is InChI=1S/C20H23N7O/c1-24(2)17-5-3-14(4-6-17)20(28)26-11-15-9-25(10-16(15)12-26)19-8-7-18-22-21-13-27(18)23-19/h3-8,13,15-16H,9-12H2,1-2H3. The summed E-state index contributed by atoms with van der Waals surface area (Å²) in [6.45, 7) is 3.47. The van der Waals surface area contributed by atoms with Crippen LogP contribution in [0.2, 0.25) is 0 Å². The van der Waals surface area contributed by atoms with Crippen LogP contribution in [0.5, 0.6) is 0 Å². The van der Waals surface area contributed by atoms with Crippen molar-refractivity contribution in [1.29, 1.82) is 0 Å². The number of amides is 1. The Hall–Kier alpha value is -3.16. The summed E-state index contributed by atoms with van der Waals surface area (Å²) >= 11 is 0. The fourth-order valence-electron chi connectivity index (χ4n) is 4.32. The SMILES string of the molecule is CN(C)c1ccc(C(=O)N2CC3CN(c4ccc5nncn5n4)CC3C2)cc1. The maximum atomic E-state index is 12.9. The fraction of sp³-hybridized carbons (Fsp3) is 0.400. The van der Waals surface area contributed by atoms with Gasteiger partial charge in [0.05, 0.1) is 0 Å². The van der Waals surface area contributed by atoms with E-state index in [2.05, 4.69) is 20.2 Å². The number of likely N-dealkylation sites (tertiary alicyclic amines) is 1. The highest BCUT2D eigenvalue weighted by Crippen LogP contribution is 2.34. The third-order valence-electron chi connectivity index (χ3n) is 5.88. The van der Waals surface area contributed by atoms with E-state index in [0.29, 0.717) is 11.8 Å². The average molecular weight is 377 g/mol. The van der Waals surface area contributed by atoms with Crippen molar-refractivity contribution in [3.63, 3.8) is 0 Å². The molecule has 2 aliphatic rings. The number of anilines is 2. The third-order valence-corrected chi connectivity index (χ3v) is 5.88. The van der Waals surface area contributed by atoms with Gasteiger partial charge in [-0.1, -0.05) is 0 Å².